The fourth-order valence-electron chi connectivity index (χ4n) is 2.43. The fourth-order valence-corrected chi connectivity index (χ4v) is 2.43. The minimum absolute atomic E-state index is 0.953. The third kappa shape index (κ3) is 14.0. The highest BCUT2D eigenvalue weighted by molar-refractivity contribution is 4.56. The van der Waals surface area contributed by atoms with Gasteiger partial charge in [0.25, 0.3) is 0 Å². The van der Waals surface area contributed by atoms with E-state index in [-0.39, 0.29) is 0 Å². The molecule has 1 unspecified atom stereocenters. The molecule has 1 heteroatoms. The maximum absolute atomic E-state index is 3.55. The molecule has 0 saturated carbocycles. The zero-order valence-corrected chi connectivity index (χ0v) is 13.3. The molecular formula is C17H37N. The largest absolute Gasteiger partial charge is 0.317 e. The standard InChI is InChI=1S/C17H37N/c1-4-6-9-13-17(3)14-10-8-12-16-18-15-11-7-5-2/h17-18H,4-16H2,1-3H3. The van der Waals surface area contributed by atoms with E-state index in [9.17, 15) is 0 Å². The summed E-state index contributed by atoms with van der Waals surface area (Å²) in [5.74, 6) is 0.953. The number of rotatable bonds is 14. The highest BCUT2D eigenvalue weighted by atomic mass is 14.8. The van der Waals surface area contributed by atoms with Gasteiger partial charge < -0.3 is 5.32 Å². The number of hydrogen-bond donors (Lipinski definition) is 1. The van der Waals surface area contributed by atoms with E-state index in [0.717, 1.165) is 5.92 Å². The van der Waals surface area contributed by atoms with Crippen LogP contribution in [0.5, 0.6) is 0 Å². The van der Waals surface area contributed by atoms with Crippen molar-refractivity contribution in [1.29, 1.82) is 0 Å². The normalized spacial score (nSPS) is 12.8. The first kappa shape index (κ1) is 18.0. The number of hydrogen-bond acceptors (Lipinski definition) is 1. The minimum atomic E-state index is 0.953. The van der Waals surface area contributed by atoms with Crippen molar-refractivity contribution in [3.8, 4) is 0 Å². The van der Waals surface area contributed by atoms with Crippen molar-refractivity contribution in [3.63, 3.8) is 0 Å². The summed E-state index contributed by atoms with van der Waals surface area (Å²) in [6.07, 6.45) is 15.4. The van der Waals surface area contributed by atoms with Crippen LogP contribution in [0, 0.1) is 5.92 Å². The van der Waals surface area contributed by atoms with E-state index in [2.05, 4.69) is 26.1 Å². The molecule has 1 nitrogen and oxygen atoms in total. The highest BCUT2D eigenvalue weighted by Crippen LogP contribution is 2.16. The lowest BCUT2D eigenvalue weighted by Crippen LogP contribution is -2.16. The SMILES string of the molecule is CCCCCNCCCCCC(C)CCCCC. The molecule has 0 aromatic carbocycles. The first-order chi connectivity index (χ1) is 8.81. The van der Waals surface area contributed by atoms with Gasteiger partial charge >= 0.3 is 0 Å². The van der Waals surface area contributed by atoms with Gasteiger partial charge in [-0.05, 0) is 31.8 Å². The number of nitrogens with one attached hydrogen (secondary N) is 1. The summed E-state index contributed by atoms with van der Waals surface area (Å²) in [7, 11) is 0. The van der Waals surface area contributed by atoms with E-state index in [0.29, 0.717) is 0 Å². The molecule has 0 heterocycles. The van der Waals surface area contributed by atoms with Crippen LogP contribution >= 0.6 is 0 Å². The maximum atomic E-state index is 3.55. The van der Waals surface area contributed by atoms with E-state index < -0.39 is 0 Å². The predicted octanol–water partition coefficient (Wildman–Crippen LogP) is 5.54. The summed E-state index contributed by atoms with van der Waals surface area (Å²) in [5, 5.41) is 3.55. The van der Waals surface area contributed by atoms with Gasteiger partial charge in [-0.25, -0.2) is 0 Å². The van der Waals surface area contributed by atoms with Gasteiger partial charge in [0, 0.05) is 0 Å². The molecule has 0 radical (unpaired) electrons. The van der Waals surface area contributed by atoms with Crippen LogP contribution in [-0.2, 0) is 0 Å². The van der Waals surface area contributed by atoms with Crippen LogP contribution in [0.2, 0.25) is 0 Å². The molecule has 0 aliphatic carbocycles. The van der Waals surface area contributed by atoms with Gasteiger partial charge in [-0.2, -0.15) is 0 Å². The lowest BCUT2D eigenvalue weighted by atomic mass is 9.97. The van der Waals surface area contributed by atoms with Crippen molar-refractivity contribution in [2.24, 2.45) is 5.92 Å². The molecular weight excluding hydrogens is 218 g/mol. The second-order valence-corrected chi connectivity index (χ2v) is 5.91. The Morgan fingerprint density at radius 3 is 1.78 bits per heavy atom. The zero-order valence-electron chi connectivity index (χ0n) is 13.3. The van der Waals surface area contributed by atoms with Gasteiger partial charge in [0.1, 0.15) is 0 Å². The van der Waals surface area contributed by atoms with E-state index in [1.165, 1.54) is 83.7 Å². The summed E-state index contributed by atoms with van der Waals surface area (Å²) in [6.45, 7) is 9.44. The van der Waals surface area contributed by atoms with Crippen molar-refractivity contribution in [1.82, 2.24) is 5.32 Å². The average Bonchev–Trinajstić information content (AvgIpc) is 2.37. The van der Waals surface area contributed by atoms with Gasteiger partial charge in [-0.1, -0.05) is 78.6 Å². The van der Waals surface area contributed by atoms with Crippen LogP contribution in [0.25, 0.3) is 0 Å². The Balaban J connectivity index is 3.05. The van der Waals surface area contributed by atoms with Gasteiger partial charge in [-0.15, -0.1) is 0 Å². The molecule has 18 heavy (non-hydrogen) atoms. The van der Waals surface area contributed by atoms with Crippen LogP contribution in [0.3, 0.4) is 0 Å². The Labute approximate surface area is 116 Å². The first-order valence-electron chi connectivity index (χ1n) is 8.52. The van der Waals surface area contributed by atoms with Crippen LogP contribution in [-0.4, -0.2) is 13.1 Å². The van der Waals surface area contributed by atoms with Crippen LogP contribution in [0.15, 0.2) is 0 Å². The molecule has 1 atom stereocenters. The Morgan fingerprint density at radius 2 is 1.17 bits per heavy atom. The molecule has 0 amide bonds. The van der Waals surface area contributed by atoms with Gasteiger partial charge in [-0.3, -0.25) is 0 Å². The molecule has 0 spiro atoms. The summed E-state index contributed by atoms with van der Waals surface area (Å²) >= 11 is 0. The van der Waals surface area contributed by atoms with Gasteiger partial charge in [0.15, 0.2) is 0 Å². The quantitative estimate of drug-likeness (QED) is 0.402. The molecule has 0 aromatic heterocycles. The van der Waals surface area contributed by atoms with Crippen LogP contribution in [0.1, 0.15) is 91.4 Å². The summed E-state index contributed by atoms with van der Waals surface area (Å²) in [4.78, 5) is 0. The third-order valence-corrected chi connectivity index (χ3v) is 3.81. The maximum Gasteiger partial charge on any atom is -0.00489 e. The monoisotopic (exact) mass is 255 g/mol. The van der Waals surface area contributed by atoms with E-state index in [4.69, 9.17) is 0 Å². The molecule has 0 aliphatic heterocycles. The highest BCUT2D eigenvalue weighted by Gasteiger charge is 2.01. The molecule has 0 saturated heterocycles. The fraction of sp³-hybridized carbons (Fsp3) is 1.00. The molecule has 0 rings (SSSR count). The third-order valence-electron chi connectivity index (χ3n) is 3.81. The van der Waals surface area contributed by atoms with Crippen molar-refractivity contribution in [3.05, 3.63) is 0 Å². The van der Waals surface area contributed by atoms with E-state index in [1.54, 1.807) is 0 Å². The molecule has 0 fully saturated rings. The van der Waals surface area contributed by atoms with Crippen molar-refractivity contribution in [2.75, 3.05) is 13.1 Å². The molecule has 0 aliphatic rings. The molecule has 0 bridgehead atoms. The van der Waals surface area contributed by atoms with Gasteiger partial charge in [0.2, 0.25) is 0 Å². The Bertz CT molecular complexity index is 145. The van der Waals surface area contributed by atoms with E-state index in [1.807, 2.05) is 0 Å². The Hall–Kier alpha value is -0.0400. The summed E-state index contributed by atoms with van der Waals surface area (Å²) in [6, 6.07) is 0. The average molecular weight is 255 g/mol. The van der Waals surface area contributed by atoms with E-state index >= 15 is 0 Å². The van der Waals surface area contributed by atoms with Crippen LogP contribution < -0.4 is 5.32 Å². The van der Waals surface area contributed by atoms with Gasteiger partial charge in [0.05, 0.1) is 0 Å². The zero-order chi connectivity index (χ0) is 13.5. The predicted molar refractivity (Wildman–Crippen MR) is 84.2 cm³/mol. The second kappa shape index (κ2) is 15.0. The Morgan fingerprint density at radius 1 is 0.667 bits per heavy atom. The topological polar surface area (TPSA) is 12.0 Å². The lowest BCUT2D eigenvalue weighted by molar-refractivity contribution is 0.437. The number of unbranched alkanes of at least 4 members (excludes halogenated alkanes) is 6. The summed E-state index contributed by atoms with van der Waals surface area (Å²) < 4.78 is 0. The lowest BCUT2D eigenvalue weighted by Gasteiger charge is -2.10. The second-order valence-electron chi connectivity index (χ2n) is 5.91. The smallest absolute Gasteiger partial charge is 0.00489 e. The molecule has 0 aromatic rings. The minimum Gasteiger partial charge on any atom is -0.317 e. The molecule has 110 valence electrons. The Kier molecular flexibility index (Phi) is 15.0. The van der Waals surface area contributed by atoms with Crippen molar-refractivity contribution < 1.29 is 0 Å². The first-order valence-corrected chi connectivity index (χ1v) is 8.52. The van der Waals surface area contributed by atoms with Crippen LogP contribution in [0.4, 0.5) is 0 Å². The summed E-state index contributed by atoms with van der Waals surface area (Å²) in [5.41, 5.74) is 0. The van der Waals surface area contributed by atoms with Crippen molar-refractivity contribution >= 4 is 0 Å². The van der Waals surface area contributed by atoms with Crippen molar-refractivity contribution in [2.45, 2.75) is 91.4 Å². The molecule has 1 N–H and O–H groups in total.